The summed E-state index contributed by atoms with van der Waals surface area (Å²) < 4.78 is 13.6. The van der Waals surface area contributed by atoms with Crippen LogP contribution in [-0.4, -0.2) is 16.1 Å². The highest BCUT2D eigenvalue weighted by Crippen LogP contribution is 2.25. The van der Waals surface area contributed by atoms with E-state index in [-0.39, 0.29) is 16.4 Å². The molecule has 1 amide bonds. The normalized spacial score (nSPS) is 10.7. The van der Waals surface area contributed by atoms with Gasteiger partial charge in [-0.05, 0) is 18.2 Å². The van der Waals surface area contributed by atoms with Gasteiger partial charge in [-0.25, -0.2) is 4.39 Å². The molecule has 3 rings (SSSR count). The molecule has 4 nitrogen and oxygen atoms in total. The molecule has 0 unspecified atom stereocenters. The second-order valence-corrected chi connectivity index (χ2v) is 4.58. The number of carbonyl (C=O) groups is 1. The van der Waals surface area contributed by atoms with E-state index in [1.807, 2.05) is 6.07 Å². The Bertz CT molecular complexity index is 780. The molecule has 2 aromatic carbocycles. The Hall–Kier alpha value is -2.40. The van der Waals surface area contributed by atoms with Gasteiger partial charge in [-0.1, -0.05) is 35.9 Å². The standard InChI is InChI=1S/C14H9ClFN3O/c15-9-5-3-6-10(16)13(9)17-14(20)12-8-4-1-2-7-11(8)18-19-12/h1-7H,(H,17,20)(H,18,19). The van der Waals surface area contributed by atoms with Gasteiger partial charge in [0.05, 0.1) is 16.2 Å². The molecule has 0 aliphatic carbocycles. The zero-order valence-electron chi connectivity index (χ0n) is 10.2. The average molecular weight is 290 g/mol. The lowest BCUT2D eigenvalue weighted by Crippen LogP contribution is -2.14. The van der Waals surface area contributed by atoms with E-state index >= 15 is 0 Å². The van der Waals surface area contributed by atoms with Crippen molar-refractivity contribution < 1.29 is 9.18 Å². The van der Waals surface area contributed by atoms with Crippen LogP contribution in [0.4, 0.5) is 10.1 Å². The number of aromatic nitrogens is 2. The minimum Gasteiger partial charge on any atom is -0.317 e. The monoisotopic (exact) mass is 289 g/mol. The van der Waals surface area contributed by atoms with Gasteiger partial charge < -0.3 is 5.32 Å². The maximum atomic E-state index is 13.6. The number of para-hydroxylation sites is 2. The van der Waals surface area contributed by atoms with Gasteiger partial charge in [0, 0.05) is 5.39 Å². The molecule has 0 atom stereocenters. The zero-order chi connectivity index (χ0) is 14.1. The summed E-state index contributed by atoms with van der Waals surface area (Å²) in [5, 5.41) is 9.94. The molecule has 100 valence electrons. The smallest absolute Gasteiger partial charge is 0.276 e. The Morgan fingerprint density at radius 1 is 1.20 bits per heavy atom. The summed E-state index contributed by atoms with van der Waals surface area (Å²) >= 11 is 5.87. The lowest BCUT2D eigenvalue weighted by molar-refractivity contribution is 0.102. The molecule has 0 saturated heterocycles. The number of amides is 1. The molecular weight excluding hydrogens is 281 g/mol. The Labute approximate surface area is 118 Å². The average Bonchev–Trinajstić information content (AvgIpc) is 2.87. The fraction of sp³-hybridized carbons (Fsp3) is 0. The Kier molecular flexibility index (Phi) is 3.12. The molecule has 0 spiro atoms. The van der Waals surface area contributed by atoms with Crippen molar-refractivity contribution in [3.05, 3.63) is 59.0 Å². The van der Waals surface area contributed by atoms with Gasteiger partial charge in [-0.15, -0.1) is 0 Å². The van der Waals surface area contributed by atoms with Crippen molar-refractivity contribution in [1.29, 1.82) is 0 Å². The number of rotatable bonds is 2. The third kappa shape index (κ3) is 2.12. The quantitative estimate of drug-likeness (QED) is 0.757. The Morgan fingerprint density at radius 2 is 2.00 bits per heavy atom. The van der Waals surface area contributed by atoms with Crippen LogP contribution in [0.25, 0.3) is 10.9 Å². The fourth-order valence-electron chi connectivity index (χ4n) is 1.93. The number of hydrogen-bond donors (Lipinski definition) is 2. The maximum absolute atomic E-state index is 13.6. The predicted octanol–water partition coefficient (Wildman–Crippen LogP) is 3.61. The number of anilines is 1. The summed E-state index contributed by atoms with van der Waals surface area (Å²) in [6.07, 6.45) is 0. The highest BCUT2D eigenvalue weighted by Gasteiger charge is 2.17. The van der Waals surface area contributed by atoms with Crippen molar-refractivity contribution in [1.82, 2.24) is 10.2 Å². The van der Waals surface area contributed by atoms with Gasteiger partial charge in [0.25, 0.3) is 5.91 Å². The predicted molar refractivity (Wildman–Crippen MR) is 75.5 cm³/mol. The van der Waals surface area contributed by atoms with E-state index in [9.17, 15) is 9.18 Å². The van der Waals surface area contributed by atoms with E-state index in [4.69, 9.17) is 11.6 Å². The molecular formula is C14H9ClFN3O. The molecule has 0 aliphatic rings. The van der Waals surface area contributed by atoms with Gasteiger partial charge in [-0.2, -0.15) is 5.10 Å². The second kappa shape index (κ2) is 4.94. The number of benzene rings is 2. The molecule has 0 bridgehead atoms. The van der Waals surface area contributed by atoms with Gasteiger partial charge in [0.15, 0.2) is 5.69 Å². The van der Waals surface area contributed by atoms with E-state index in [0.29, 0.717) is 5.39 Å². The highest BCUT2D eigenvalue weighted by atomic mass is 35.5. The van der Waals surface area contributed by atoms with Gasteiger partial charge >= 0.3 is 0 Å². The molecule has 1 aromatic heterocycles. The largest absolute Gasteiger partial charge is 0.317 e. The first-order valence-corrected chi connectivity index (χ1v) is 6.23. The van der Waals surface area contributed by atoms with Crippen LogP contribution in [0, 0.1) is 5.82 Å². The summed E-state index contributed by atoms with van der Waals surface area (Å²) in [6, 6.07) is 11.4. The van der Waals surface area contributed by atoms with E-state index < -0.39 is 11.7 Å². The number of fused-ring (bicyclic) bond motifs is 1. The lowest BCUT2D eigenvalue weighted by atomic mass is 10.2. The first kappa shape index (κ1) is 12.6. The summed E-state index contributed by atoms with van der Waals surface area (Å²) in [7, 11) is 0. The minimum absolute atomic E-state index is 0.0498. The summed E-state index contributed by atoms with van der Waals surface area (Å²) in [5.41, 5.74) is 0.878. The molecule has 0 aliphatic heterocycles. The topological polar surface area (TPSA) is 57.8 Å². The summed E-state index contributed by atoms with van der Waals surface area (Å²) in [4.78, 5) is 12.2. The third-order valence-electron chi connectivity index (χ3n) is 2.89. The first-order chi connectivity index (χ1) is 9.66. The lowest BCUT2D eigenvalue weighted by Gasteiger charge is -2.06. The van der Waals surface area contributed by atoms with Crippen LogP contribution in [0.15, 0.2) is 42.5 Å². The number of nitrogens with zero attached hydrogens (tertiary/aromatic N) is 1. The van der Waals surface area contributed by atoms with Crippen LogP contribution in [0.2, 0.25) is 5.02 Å². The summed E-state index contributed by atoms with van der Waals surface area (Å²) in [5.74, 6) is -1.11. The fourth-order valence-corrected chi connectivity index (χ4v) is 2.14. The number of aromatic amines is 1. The SMILES string of the molecule is O=C(Nc1c(F)cccc1Cl)c1n[nH]c2ccccc12. The molecule has 1 heterocycles. The molecule has 0 fully saturated rings. The van der Waals surface area contributed by atoms with E-state index in [2.05, 4.69) is 15.5 Å². The maximum Gasteiger partial charge on any atom is 0.276 e. The second-order valence-electron chi connectivity index (χ2n) is 4.17. The molecule has 0 saturated carbocycles. The van der Waals surface area contributed by atoms with Gasteiger partial charge in [-0.3, -0.25) is 9.89 Å². The van der Waals surface area contributed by atoms with Crippen molar-refractivity contribution in [2.24, 2.45) is 0 Å². The van der Waals surface area contributed by atoms with Crippen LogP contribution in [0.3, 0.4) is 0 Å². The molecule has 2 N–H and O–H groups in total. The Morgan fingerprint density at radius 3 is 2.80 bits per heavy atom. The van der Waals surface area contributed by atoms with Gasteiger partial charge in [0.2, 0.25) is 0 Å². The zero-order valence-corrected chi connectivity index (χ0v) is 10.9. The van der Waals surface area contributed by atoms with Crippen molar-refractivity contribution in [3.8, 4) is 0 Å². The van der Waals surface area contributed by atoms with E-state index in [0.717, 1.165) is 5.52 Å². The van der Waals surface area contributed by atoms with Gasteiger partial charge in [0.1, 0.15) is 5.82 Å². The van der Waals surface area contributed by atoms with Crippen LogP contribution >= 0.6 is 11.6 Å². The highest BCUT2D eigenvalue weighted by molar-refractivity contribution is 6.34. The first-order valence-electron chi connectivity index (χ1n) is 5.85. The third-order valence-corrected chi connectivity index (χ3v) is 3.20. The van der Waals surface area contributed by atoms with Crippen molar-refractivity contribution in [3.63, 3.8) is 0 Å². The Balaban J connectivity index is 1.98. The molecule has 20 heavy (non-hydrogen) atoms. The van der Waals surface area contributed by atoms with Crippen LogP contribution in [-0.2, 0) is 0 Å². The van der Waals surface area contributed by atoms with Crippen LogP contribution < -0.4 is 5.32 Å². The molecule has 0 radical (unpaired) electrons. The minimum atomic E-state index is -0.592. The van der Waals surface area contributed by atoms with Crippen LogP contribution in [0.1, 0.15) is 10.5 Å². The van der Waals surface area contributed by atoms with E-state index in [1.54, 1.807) is 18.2 Å². The molecule has 3 aromatic rings. The summed E-state index contributed by atoms with van der Waals surface area (Å²) in [6.45, 7) is 0. The number of hydrogen-bond acceptors (Lipinski definition) is 2. The van der Waals surface area contributed by atoms with Crippen molar-refractivity contribution >= 4 is 34.1 Å². The molecule has 6 heteroatoms. The number of H-pyrrole nitrogens is 1. The van der Waals surface area contributed by atoms with Crippen molar-refractivity contribution in [2.75, 3.05) is 5.32 Å². The number of carbonyl (C=O) groups excluding carboxylic acids is 1. The number of halogens is 2. The van der Waals surface area contributed by atoms with Crippen molar-refractivity contribution in [2.45, 2.75) is 0 Å². The number of nitrogens with one attached hydrogen (secondary N) is 2. The van der Waals surface area contributed by atoms with E-state index in [1.165, 1.54) is 18.2 Å². The van der Waals surface area contributed by atoms with Crippen LogP contribution in [0.5, 0.6) is 0 Å².